The van der Waals surface area contributed by atoms with Crippen LogP contribution in [0.15, 0.2) is 23.1 Å². The second-order valence-electron chi connectivity index (χ2n) is 5.24. The van der Waals surface area contributed by atoms with E-state index in [9.17, 15) is 8.42 Å². The molecule has 1 aromatic carbocycles. The Kier molecular flexibility index (Phi) is 4.69. The van der Waals surface area contributed by atoms with Crippen molar-refractivity contribution < 1.29 is 13.5 Å². The molecule has 0 aliphatic heterocycles. The van der Waals surface area contributed by atoms with Gasteiger partial charge >= 0.3 is 0 Å². The summed E-state index contributed by atoms with van der Waals surface area (Å²) < 4.78 is 26.6. The number of aliphatic hydroxyl groups is 1. The highest BCUT2D eigenvalue weighted by atomic mass is 32.2. The van der Waals surface area contributed by atoms with Gasteiger partial charge in [0.15, 0.2) is 0 Å². The van der Waals surface area contributed by atoms with E-state index in [4.69, 9.17) is 10.4 Å². The van der Waals surface area contributed by atoms with Gasteiger partial charge in [0.05, 0.1) is 16.5 Å². The highest BCUT2D eigenvalue weighted by Crippen LogP contribution is 2.17. The van der Waals surface area contributed by atoms with Crippen LogP contribution >= 0.6 is 0 Å². The fourth-order valence-corrected chi connectivity index (χ4v) is 2.68. The summed E-state index contributed by atoms with van der Waals surface area (Å²) >= 11 is 0. The molecular weight excluding hydrogens is 264 g/mol. The van der Waals surface area contributed by atoms with E-state index in [0.717, 1.165) is 0 Å². The second-order valence-corrected chi connectivity index (χ2v) is 7.00. The van der Waals surface area contributed by atoms with Crippen molar-refractivity contribution >= 4 is 10.0 Å². The quantitative estimate of drug-likeness (QED) is 0.848. The van der Waals surface area contributed by atoms with Crippen molar-refractivity contribution in [3.05, 3.63) is 29.3 Å². The third-order valence-corrected chi connectivity index (χ3v) is 4.20. The number of hydrogen-bond donors (Lipinski definition) is 2. The zero-order chi connectivity index (χ0) is 14.7. The maximum Gasteiger partial charge on any atom is 0.240 e. The number of aryl methyl sites for hydroxylation is 1. The van der Waals surface area contributed by atoms with E-state index in [0.29, 0.717) is 11.1 Å². The summed E-state index contributed by atoms with van der Waals surface area (Å²) in [7, 11) is -3.62. The Morgan fingerprint density at radius 2 is 2.05 bits per heavy atom. The second kappa shape index (κ2) is 5.70. The monoisotopic (exact) mass is 282 g/mol. The van der Waals surface area contributed by atoms with Gasteiger partial charge in [-0.3, -0.25) is 0 Å². The average molecular weight is 282 g/mol. The molecule has 0 aromatic heterocycles. The summed E-state index contributed by atoms with van der Waals surface area (Å²) in [4.78, 5) is 0.123. The van der Waals surface area contributed by atoms with Crippen molar-refractivity contribution in [1.29, 1.82) is 5.26 Å². The predicted octanol–water partition coefficient (Wildman–Crippen LogP) is 1.16. The largest absolute Gasteiger partial charge is 0.396 e. The van der Waals surface area contributed by atoms with Gasteiger partial charge in [-0.2, -0.15) is 5.26 Å². The number of hydrogen-bond acceptors (Lipinski definition) is 4. The lowest BCUT2D eigenvalue weighted by Gasteiger charge is -2.21. The first-order valence-electron chi connectivity index (χ1n) is 5.83. The van der Waals surface area contributed by atoms with E-state index >= 15 is 0 Å². The van der Waals surface area contributed by atoms with E-state index in [1.165, 1.54) is 18.2 Å². The van der Waals surface area contributed by atoms with Crippen LogP contribution in [0.4, 0.5) is 0 Å². The Labute approximate surface area is 113 Å². The maximum absolute atomic E-state index is 12.1. The summed E-state index contributed by atoms with van der Waals surface area (Å²) in [5.41, 5.74) is 0.552. The number of aliphatic hydroxyl groups excluding tert-OH is 1. The number of nitriles is 1. The third kappa shape index (κ3) is 4.03. The van der Waals surface area contributed by atoms with Crippen LogP contribution < -0.4 is 4.72 Å². The Hall–Kier alpha value is -1.42. The van der Waals surface area contributed by atoms with E-state index in [-0.39, 0.29) is 18.0 Å². The van der Waals surface area contributed by atoms with Gasteiger partial charge in [0.25, 0.3) is 0 Å². The zero-order valence-corrected chi connectivity index (χ0v) is 12.1. The van der Waals surface area contributed by atoms with Gasteiger partial charge in [0, 0.05) is 18.6 Å². The minimum absolute atomic E-state index is 0.109. The average Bonchev–Trinajstić information content (AvgIpc) is 2.36. The van der Waals surface area contributed by atoms with Gasteiger partial charge in [0.2, 0.25) is 10.0 Å². The molecule has 0 atom stereocenters. The van der Waals surface area contributed by atoms with Crippen molar-refractivity contribution in [3.8, 4) is 6.07 Å². The highest BCUT2D eigenvalue weighted by molar-refractivity contribution is 7.89. The number of sulfonamides is 1. The number of rotatable bonds is 5. The van der Waals surface area contributed by atoms with E-state index in [1.54, 1.807) is 20.8 Å². The molecule has 1 aromatic rings. The van der Waals surface area contributed by atoms with Gasteiger partial charge in [-0.05, 0) is 30.7 Å². The summed E-state index contributed by atoms with van der Waals surface area (Å²) in [5, 5.41) is 17.9. The topological polar surface area (TPSA) is 90.2 Å². The molecule has 6 heteroatoms. The minimum atomic E-state index is -3.62. The molecule has 19 heavy (non-hydrogen) atoms. The molecule has 0 radical (unpaired) electrons. The van der Waals surface area contributed by atoms with Crippen LogP contribution in [0.2, 0.25) is 0 Å². The molecule has 0 amide bonds. The normalized spacial score (nSPS) is 12.2. The first-order chi connectivity index (χ1) is 8.72. The Bertz CT molecular complexity index is 601. The van der Waals surface area contributed by atoms with Gasteiger partial charge in [-0.15, -0.1) is 0 Å². The third-order valence-electron chi connectivity index (χ3n) is 2.80. The van der Waals surface area contributed by atoms with E-state index in [1.807, 2.05) is 6.07 Å². The molecule has 0 bridgehead atoms. The van der Waals surface area contributed by atoms with Crippen LogP contribution in [0.3, 0.4) is 0 Å². The molecule has 0 fully saturated rings. The lowest BCUT2D eigenvalue weighted by atomic mass is 9.96. The Balaban J connectivity index is 2.96. The van der Waals surface area contributed by atoms with Crippen LogP contribution in [0, 0.1) is 23.7 Å². The molecular formula is C13H18N2O3S. The van der Waals surface area contributed by atoms with Crippen molar-refractivity contribution in [2.75, 3.05) is 13.2 Å². The lowest BCUT2D eigenvalue weighted by Crippen LogP contribution is -2.36. The van der Waals surface area contributed by atoms with Crippen molar-refractivity contribution in [1.82, 2.24) is 4.72 Å². The van der Waals surface area contributed by atoms with Crippen LogP contribution in [-0.4, -0.2) is 26.7 Å². The standard InChI is InChI=1S/C13H18N2O3S/c1-10-6-12(5-4-11(10)7-14)19(17,18)15-8-13(2,3)9-16/h4-6,15-16H,8-9H2,1-3H3. The molecule has 0 heterocycles. The molecule has 0 aliphatic rings. The fourth-order valence-electron chi connectivity index (χ4n) is 1.36. The Morgan fingerprint density at radius 3 is 2.53 bits per heavy atom. The van der Waals surface area contributed by atoms with Crippen LogP contribution in [0.25, 0.3) is 0 Å². The van der Waals surface area contributed by atoms with Crippen molar-refractivity contribution in [2.45, 2.75) is 25.7 Å². The molecule has 0 saturated heterocycles. The summed E-state index contributed by atoms with van der Waals surface area (Å²) in [6.45, 7) is 5.25. The maximum atomic E-state index is 12.1. The Morgan fingerprint density at radius 1 is 1.42 bits per heavy atom. The smallest absolute Gasteiger partial charge is 0.240 e. The molecule has 5 nitrogen and oxygen atoms in total. The van der Waals surface area contributed by atoms with Gasteiger partial charge < -0.3 is 5.11 Å². The SMILES string of the molecule is Cc1cc(S(=O)(=O)NCC(C)(C)CO)ccc1C#N. The van der Waals surface area contributed by atoms with Crippen molar-refractivity contribution in [3.63, 3.8) is 0 Å². The van der Waals surface area contributed by atoms with Crippen molar-refractivity contribution in [2.24, 2.45) is 5.41 Å². The fraction of sp³-hybridized carbons (Fsp3) is 0.462. The molecule has 0 unspecified atom stereocenters. The molecule has 0 aliphatic carbocycles. The number of nitrogens with zero attached hydrogens (tertiary/aromatic N) is 1. The highest BCUT2D eigenvalue weighted by Gasteiger charge is 2.21. The van der Waals surface area contributed by atoms with E-state index in [2.05, 4.69) is 4.72 Å². The van der Waals surface area contributed by atoms with Gasteiger partial charge in [-0.25, -0.2) is 13.1 Å². The van der Waals surface area contributed by atoms with Crippen LogP contribution in [0.1, 0.15) is 25.0 Å². The molecule has 0 spiro atoms. The summed E-state index contributed by atoms with van der Waals surface area (Å²) in [6, 6.07) is 6.35. The predicted molar refractivity (Wildman–Crippen MR) is 71.9 cm³/mol. The number of benzene rings is 1. The number of nitrogens with one attached hydrogen (secondary N) is 1. The van der Waals surface area contributed by atoms with E-state index < -0.39 is 15.4 Å². The molecule has 104 valence electrons. The summed E-state index contributed by atoms with van der Waals surface area (Å²) in [5.74, 6) is 0. The minimum Gasteiger partial charge on any atom is -0.396 e. The zero-order valence-electron chi connectivity index (χ0n) is 11.3. The lowest BCUT2D eigenvalue weighted by molar-refractivity contribution is 0.163. The van der Waals surface area contributed by atoms with Gasteiger partial charge in [-0.1, -0.05) is 13.8 Å². The van der Waals surface area contributed by atoms with Gasteiger partial charge in [0.1, 0.15) is 0 Å². The molecule has 2 N–H and O–H groups in total. The first-order valence-corrected chi connectivity index (χ1v) is 7.31. The van der Waals surface area contributed by atoms with Crippen LogP contribution in [0.5, 0.6) is 0 Å². The molecule has 0 saturated carbocycles. The first kappa shape index (κ1) is 15.6. The summed E-state index contributed by atoms with van der Waals surface area (Å²) in [6.07, 6.45) is 0. The molecule has 1 rings (SSSR count). The van der Waals surface area contributed by atoms with Crippen LogP contribution in [-0.2, 0) is 10.0 Å².